The molecule has 11 heavy (non-hydrogen) atoms. The number of carbonyl (C=O) groups is 1. The Labute approximate surface area is 90.1 Å². The van der Waals surface area contributed by atoms with Gasteiger partial charge in [0.05, 0.1) is 4.83 Å². The lowest BCUT2D eigenvalue weighted by Crippen LogP contribution is -2.13. The molecule has 2 atom stereocenters. The normalized spacial score (nSPS) is 30.5. The fourth-order valence-electron chi connectivity index (χ4n) is 0.616. The van der Waals surface area contributed by atoms with Crippen LogP contribution in [0.15, 0.2) is 10.3 Å². The molecular weight excluding hydrogens is 323 g/mol. The zero-order valence-corrected chi connectivity index (χ0v) is 9.67. The van der Waals surface area contributed by atoms with Crippen molar-refractivity contribution in [2.45, 2.75) is 9.65 Å². The van der Waals surface area contributed by atoms with Crippen molar-refractivity contribution in [1.29, 1.82) is 0 Å². The van der Waals surface area contributed by atoms with E-state index in [9.17, 15) is 4.79 Å². The summed E-state index contributed by atoms with van der Waals surface area (Å²) in [6.45, 7) is 0. The molecule has 0 amide bonds. The standard InChI is InChI=1S/C5H2Br2Cl2O2/c6-1-2(7)5(10)11-3(1)4(8)9/h1-2H. The number of hydrogen-bond acceptors (Lipinski definition) is 2. The number of carbonyl (C=O) groups excluding carboxylic acids is 1. The van der Waals surface area contributed by atoms with Crippen LogP contribution in [0.2, 0.25) is 0 Å². The Morgan fingerprint density at radius 3 is 2.09 bits per heavy atom. The van der Waals surface area contributed by atoms with E-state index in [1.165, 1.54) is 0 Å². The summed E-state index contributed by atoms with van der Waals surface area (Å²) in [7, 11) is 0. The number of halogens is 4. The Hall–Kier alpha value is 0.750. The van der Waals surface area contributed by atoms with Gasteiger partial charge in [-0.1, -0.05) is 55.1 Å². The maximum atomic E-state index is 10.8. The van der Waals surface area contributed by atoms with Gasteiger partial charge < -0.3 is 4.74 Å². The van der Waals surface area contributed by atoms with Crippen LogP contribution in [0.5, 0.6) is 0 Å². The fraction of sp³-hybridized carbons (Fsp3) is 0.400. The van der Waals surface area contributed by atoms with Gasteiger partial charge in [-0.15, -0.1) is 0 Å². The third-order valence-electron chi connectivity index (χ3n) is 1.13. The third-order valence-corrected chi connectivity index (χ3v) is 4.06. The summed E-state index contributed by atoms with van der Waals surface area (Å²) in [5.41, 5.74) is 0. The molecule has 1 aliphatic heterocycles. The zero-order chi connectivity index (χ0) is 8.59. The number of cyclic esters (lactones) is 1. The minimum Gasteiger partial charge on any atom is -0.426 e. The Kier molecular flexibility index (Phi) is 3.26. The lowest BCUT2D eigenvalue weighted by molar-refractivity contribution is -0.134. The van der Waals surface area contributed by atoms with Crippen LogP contribution >= 0.6 is 55.1 Å². The van der Waals surface area contributed by atoms with Crippen molar-refractivity contribution in [1.82, 2.24) is 0 Å². The van der Waals surface area contributed by atoms with Gasteiger partial charge in [0.15, 0.2) is 5.76 Å². The number of ether oxygens (including phenoxy) is 1. The number of hydrogen-bond donors (Lipinski definition) is 0. The maximum absolute atomic E-state index is 10.8. The summed E-state index contributed by atoms with van der Waals surface area (Å²) in [6.07, 6.45) is 0. The predicted molar refractivity (Wildman–Crippen MR) is 50.3 cm³/mol. The topological polar surface area (TPSA) is 26.3 Å². The Balaban J connectivity index is 2.92. The van der Waals surface area contributed by atoms with E-state index in [2.05, 4.69) is 31.9 Å². The maximum Gasteiger partial charge on any atom is 0.326 e. The van der Waals surface area contributed by atoms with Gasteiger partial charge in [-0.2, -0.15) is 0 Å². The van der Waals surface area contributed by atoms with E-state index in [0.717, 1.165) is 0 Å². The molecule has 1 saturated heterocycles. The van der Waals surface area contributed by atoms with Crippen molar-refractivity contribution in [3.05, 3.63) is 10.3 Å². The SMILES string of the molecule is O=C1OC(=C(Cl)Cl)C(Br)C1Br. The molecule has 1 aliphatic rings. The second-order valence-electron chi connectivity index (χ2n) is 1.85. The highest BCUT2D eigenvalue weighted by Crippen LogP contribution is 2.35. The fourth-order valence-corrected chi connectivity index (χ4v) is 2.06. The number of allylic oxidation sites excluding steroid dienone is 1. The van der Waals surface area contributed by atoms with Crippen LogP contribution in [0.25, 0.3) is 0 Å². The van der Waals surface area contributed by atoms with Gasteiger partial charge in [0.25, 0.3) is 0 Å². The third kappa shape index (κ3) is 1.91. The Morgan fingerprint density at radius 1 is 1.36 bits per heavy atom. The molecule has 0 radical (unpaired) electrons. The van der Waals surface area contributed by atoms with Gasteiger partial charge in [-0.05, 0) is 0 Å². The molecule has 0 N–H and O–H groups in total. The predicted octanol–water partition coefficient (Wildman–Crippen LogP) is 2.72. The molecule has 6 heteroatoms. The zero-order valence-electron chi connectivity index (χ0n) is 4.98. The summed E-state index contributed by atoms with van der Waals surface area (Å²) in [6, 6.07) is 0. The van der Waals surface area contributed by atoms with Crippen molar-refractivity contribution in [3.8, 4) is 0 Å². The van der Waals surface area contributed by atoms with Crippen LogP contribution in [-0.2, 0) is 9.53 Å². The lowest BCUT2D eigenvalue weighted by atomic mass is 10.3. The van der Waals surface area contributed by atoms with Crippen LogP contribution in [0.4, 0.5) is 0 Å². The van der Waals surface area contributed by atoms with E-state index in [1.807, 2.05) is 0 Å². The molecule has 2 unspecified atom stereocenters. The van der Waals surface area contributed by atoms with Crippen LogP contribution < -0.4 is 0 Å². The molecular formula is C5H2Br2Cl2O2. The van der Waals surface area contributed by atoms with E-state index in [1.54, 1.807) is 0 Å². The molecule has 0 saturated carbocycles. The smallest absolute Gasteiger partial charge is 0.326 e. The van der Waals surface area contributed by atoms with E-state index in [0.29, 0.717) is 0 Å². The highest BCUT2D eigenvalue weighted by molar-refractivity contribution is 9.12. The molecule has 1 rings (SSSR count). The number of rotatable bonds is 0. The summed E-state index contributed by atoms with van der Waals surface area (Å²) in [5.74, 6) is -0.124. The molecule has 0 aromatic rings. The van der Waals surface area contributed by atoms with Gasteiger partial charge in [-0.25, -0.2) is 0 Å². The number of alkyl halides is 2. The van der Waals surface area contributed by atoms with Crippen LogP contribution in [0, 0.1) is 0 Å². The molecule has 1 heterocycles. The Morgan fingerprint density at radius 2 is 1.91 bits per heavy atom. The molecule has 2 nitrogen and oxygen atoms in total. The molecule has 1 fully saturated rings. The molecule has 0 aliphatic carbocycles. The van der Waals surface area contributed by atoms with Gasteiger partial charge in [-0.3, -0.25) is 4.79 Å². The first-order chi connectivity index (χ1) is 5.04. The quantitative estimate of drug-likeness (QED) is 0.506. The average molecular weight is 325 g/mol. The van der Waals surface area contributed by atoms with Crippen molar-refractivity contribution in [2.24, 2.45) is 0 Å². The van der Waals surface area contributed by atoms with Gasteiger partial charge in [0.2, 0.25) is 0 Å². The lowest BCUT2D eigenvalue weighted by Gasteiger charge is -1.99. The van der Waals surface area contributed by atoms with E-state index in [-0.39, 0.29) is 21.0 Å². The first-order valence-electron chi connectivity index (χ1n) is 2.59. The molecule has 0 spiro atoms. The van der Waals surface area contributed by atoms with Gasteiger partial charge >= 0.3 is 5.97 Å². The van der Waals surface area contributed by atoms with Gasteiger partial charge in [0.1, 0.15) is 9.32 Å². The Bertz CT molecular complexity index is 225. The van der Waals surface area contributed by atoms with E-state index >= 15 is 0 Å². The van der Waals surface area contributed by atoms with Crippen molar-refractivity contribution in [2.75, 3.05) is 0 Å². The van der Waals surface area contributed by atoms with E-state index < -0.39 is 4.83 Å². The highest BCUT2D eigenvalue weighted by atomic mass is 79.9. The first-order valence-corrected chi connectivity index (χ1v) is 5.17. The molecule has 62 valence electrons. The molecule has 0 bridgehead atoms. The van der Waals surface area contributed by atoms with Crippen molar-refractivity contribution in [3.63, 3.8) is 0 Å². The average Bonchev–Trinajstić information content (AvgIpc) is 2.17. The summed E-state index contributed by atoms with van der Waals surface area (Å²) < 4.78 is 4.70. The van der Waals surface area contributed by atoms with Crippen molar-refractivity contribution >= 4 is 61.0 Å². The number of esters is 1. The largest absolute Gasteiger partial charge is 0.426 e. The van der Waals surface area contributed by atoms with E-state index in [4.69, 9.17) is 27.9 Å². The summed E-state index contributed by atoms with van der Waals surface area (Å²) >= 11 is 17.1. The molecule has 0 aromatic carbocycles. The second-order valence-corrected chi connectivity index (χ2v) is 4.77. The molecule has 0 aromatic heterocycles. The minimum absolute atomic E-state index is 0.0258. The van der Waals surface area contributed by atoms with Crippen LogP contribution in [0.1, 0.15) is 0 Å². The second kappa shape index (κ2) is 3.64. The summed E-state index contributed by atoms with van der Waals surface area (Å²) in [5, 5.41) is 0. The summed E-state index contributed by atoms with van der Waals surface area (Å²) in [4.78, 5) is 10.2. The monoisotopic (exact) mass is 322 g/mol. The van der Waals surface area contributed by atoms with Crippen LogP contribution in [-0.4, -0.2) is 15.6 Å². The highest BCUT2D eigenvalue weighted by Gasteiger charge is 2.39. The first kappa shape index (κ1) is 9.84. The van der Waals surface area contributed by atoms with Crippen LogP contribution in [0.3, 0.4) is 0 Å². The minimum atomic E-state index is -0.412. The van der Waals surface area contributed by atoms with Crippen molar-refractivity contribution < 1.29 is 9.53 Å². The van der Waals surface area contributed by atoms with Gasteiger partial charge in [0, 0.05) is 0 Å².